The van der Waals surface area contributed by atoms with E-state index in [1.807, 2.05) is 0 Å². The van der Waals surface area contributed by atoms with Gasteiger partial charge in [0.05, 0.1) is 16.5 Å². The van der Waals surface area contributed by atoms with Gasteiger partial charge in [-0.1, -0.05) is 0 Å². The molecule has 1 unspecified atom stereocenters. The van der Waals surface area contributed by atoms with Crippen molar-refractivity contribution in [2.24, 2.45) is 0 Å². The summed E-state index contributed by atoms with van der Waals surface area (Å²) in [6.07, 6.45) is -2.68. The van der Waals surface area contributed by atoms with Crippen LogP contribution in [0.3, 0.4) is 0 Å². The zero-order valence-electron chi connectivity index (χ0n) is 9.76. The van der Waals surface area contributed by atoms with Crippen LogP contribution in [0.4, 0.5) is 18.9 Å². The predicted molar refractivity (Wildman–Crippen MR) is 73.3 cm³/mol. The van der Waals surface area contributed by atoms with Gasteiger partial charge in [-0.2, -0.15) is 13.2 Å². The second-order valence-corrected chi connectivity index (χ2v) is 6.35. The van der Waals surface area contributed by atoms with Crippen LogP contribution >= 0.6 is 27.7 Å². The summed E-state index contributed by atoms with van der Waals surface area (Å²) < 4.78 is 38.3. The number of amides is 1. The lowest BCUT2D eigenvalue weighted by atomic mass is 10.2. The van der Waals surface area contributed by atoms with Crippen LogP contribution in [-0.2, 0) is 11.0 Å². The molecule has 7 heteroatoms. The maximum absolute atomic E-state index is 12.6. The average Bonchev–Trinajstić information content (AvgIpc) is 2.84. The number of rotatable bonds is 2. The third kappa shape index (κ3) is 3.66. The van der Waals surface area contributed by atoms with E-state index in [0.29, 0.717) is 4.47 Å². The number of benzene rings is 1. The van der Waals surface area contributed by atoms with E-state index in [0.717, 1.165) is 30.7 Å². The molecule has 1 atom stereocenters. The number of carbonyl (C=O) groups excluding carboxylic acids is 1. The third-order valence-corrected chi connectivity index (χ3v) is 4.84. The molecule has 0 aliphatic carbocycles. The molecule has 1 amide bonds. The fourth-order valence-corrected chi connectivity index (χ4v) is 3.30. The lowest BCUT2D eigenvalue weighted by molar-refractivity contribution is -0.137. The number of hydrogen-bond donors (Lipinski definition) is 1. The fraction of sp³-hybridized carbons (Fsp3) is 0.417. The van der Waals surface area contributed by atoms with Crippen molar-refractivity contribution in [3.63, 3.8) is 0 Å². The Morgan fingerprint density at radius 2 is 2.16 bits per heavy atom. The van der Waals surface area contributed by atoms with Crippen molar-refractivity contribution >= 4 is 39.3 Å². The molecule has 1 saturated heterocycles. The molecule has 1 aliphatic rings. The van der Waals surface area contributed by atoms with E-state index in [1.165, 1.54) is 17.8 Å². The maximum atomic E-state index is 12.6. The van der Waals surface area contributed by atoms with Crippen LogP contribution in [0.1, 0.15) is 18.4 Å². The van der Waals surface area contributed by atoms with E-state index >= 15 is 0 Å². The van der Waals surface area contributed by atoms with Gasteiger partial charge in [-0.15, -0.1) is 11.8 Å². The summed E-state index contributed by atoms with van der Waals surface area (Å²) in [7, 11) is 0. The fourth-order valence-electron chi connectivity index (χ4n) is 1.80. The first kappa shape index (κ1) is 14.7. The number of hydrogen-bond acceptors (Lipinski definition) is 2. The van der Waals surface area contributed by atoms with E-state index in [-0.39, 0.29) is 16.8 Å². The highest BCUT2D eigenvalue weighted by atomic mass is 79.9. The zero-order valence-corrected chi connectivity index (χ0v) is 12.2. The van der Waals surface area contributed by atoms with Crippen molar-refractivity contribution in [1.82, 2.24) is 0 Å². The van der Waals surface area contributed by atoms with Gasteiger partial charge >= 0.3 is 6.18 Å². The average molecular weight is 354 g/mol. The summed E-state index contributed by atoms with van der Waals surface area (Å²) in [6.45, 7) is 0. The molecule has 0 saturated carbocycles. The van der Waals surface area contributed by atoms with Gasteiger partial charge in [0, 0.05) is 4.47 Å². The Morgan fingerprint density at radius 3 is 2.74 bits per heavy atom. The minimum Gasteiger partial charge on any atom is -0.324 e. The Morgan fingerprint density at radius 1 is 1.42 bits per heavy atom. The molecule has 1 fully saturated rings. The van der Waals surface area contributed by atoms with Gasteiger partial charge in [0.15, 0.2) is 0 Å². The van der Waals surface area contributed by atoms with Crippen LogP contribution in [-0.4, -0.2) is 16.9 Å². The monoisotopic (exact) mass is 353 g/mol. The number of thioether (sulfide) groups is 1. The first-order valence-electron chi connectivity index (χ1n) is 5.67. The van der Waals surface area contributed by atoms with E-state index in [9.17, 15) is 18.0 Å². The van der Waals surface area contributed by atoms with Crippen LogP contribution in [0.2, 0.25) is 0 Å². The van der Waals surface area contributed by atoms with E-state index in [1.54, 1.807) is 0 Å². The number of halogens is 4. The Labute approximate surface area is 121 Å². The van der Waals surface area contributed by atoms with Crippen molar-refractivity contribution < 1.29 is 18.0 Å². The standard InChI is InChI=1S/C12H11BrF3NOS/c13-8-4-3-7(12(14,15)16)6-9(8)17-11(18)10-2-1-5-19-10/h3-4,6,10H,1-2,5H2,(H,17,18). The third-order valence-electron chi connectivity index (χ3n) is 2.77. The molecule has 1 aromatic rings. The maximum Gasteiger partial charge on any atom is 0.416 e. The minimum atomic E-state index is -4.41. The molecule has 104 valence electrons. The summed E-state index contributed by atoms with van der Waals surface area (Å²) in [5.74, 6) is 0.685. The van der Waals surface area contributed by atoms with Crippen LogP contribution in [0.25, 0.3) is 0 Å². The van der Waals surface area contributed by atoms with Gasteiger partial charge in [-0.25, -0.2) is 0 Å². The molecule has 1 heterocycles. The van der Waals surface area contributed by atoms with Gasteiger partial charge in [0.25, 0.3) is 0 Å². The highest BCUT2D eigenvalue weighted by Gasteiger charge is 2.31. The van der Waals surface area contributed by atoms with E-state index < -0.39 is 11.7 Å². The molecule has 0 radical (unpaired) electrons. The van der Waals surface area contributed by atoms with Crippen molar-refractivity contribution in [1.29, 1.82) is 0 Å². The summed E-state index contributed by atoms with van der Waals surface area (Å²) >= 11 is 4.68. The predicted octanol–water partition coefficient (Wildman–Crippen LogP) is 4.30. The van der Waals surface area contributed by atoms with Crippen molar-refractivity contribution in [2.45, 2.75) is 24.3 Å². The Balaban J connectivity index is 2.17. The molecule has 0 aromatic heterocycles. The van der Waals surface area contributed by atoms with E-state index in [2.05, 4.69) is 21.2 Å². The minimum absolute atomic E-state index is 0.160. The second kappa shape index (κ2) is 5.75. The normalized spacial score (nSPS) is 19.5. The van der Waals surface area contributed by atoms with Gasteiger partial charge < -0.3 is 5.32 Å². The first-order valence-corrected chi connectivity index (χ1v) is 7.51. The summed E-state index contributed by atoms with van der Waals surface area (Å²) in [5.41, 5.74) is -0.614. The highest BCUT2D eigenvalue weighted by molar-refractivity contribution is 9.10. The molecular formula is C12H11BrF3NOS. The SMILES string of the molecule is O=C(Nc1cc(C(F)(F)F)ccc1Br)C1CCCS1. The number of anilines is 1. The molecule has 2 rings (SSSR count). The van der Waals surface area contributed by atoms with E-state index in [4.69, 9.17) is 0 Å². The van der Waals surface area contributed by atoms with Gasteiger partial charge in [-0.05, 0) is 52.7 Å². The highest BCUT2D eigenvalue weighted by Crippen LogP contribution is 2.34. The summed E-state index contributed by atoms with van der Waals surface area (Å²) in [5, 5.41) is 2.39. The Kier molecular flexibility index (Phi) is 4.45. The van der Waals surface area contributed by atoms with Gasteiger partial charge in [0.2, 0.25) is 5.91 Å². The molecule has 1 aliphatic heterocycles. The van der Waals surface area contributed by atoms with Crippen LogP contribution < -0.4 is 5.32 Å². The molecule has 19 heavy (non-hydrogen) atoms. The van der Waals surface area contributed by atoms with Crippen molar-refractivity contribution in [3.8, 4) is 0 Å². The number of nitrogens with one attached hydrogen (secondary N) is 1. The quantitative estimate of drug-likeness (QED) is 0.858. The topological polar surface area (TPSA) is 29.1 Å². The summed E-state index contributed by atoms with van der Waals surface area (Å²) in [4.78, 5) is 11.9. The van der Waals surface area contributed by atoms with Crippen LogP contribution in [0, 0.1) is 0 Å². The van der Waals surface area contributed by atoms with Crippen molar-refractivity contribution in [3.05, 3.63) is 28.2 Å². The van der Waals surface area contributed by atoms with Crippen molar-refractivity contribution in [2.75, 3.05) is 11.1 Å². The lowest BCUT2D eigenvalue weighted by Crippen LogP contribution is -2.23. The Hall–Kier alpha value is -0.690. The largest absolute Gasteiger partial charge is 0.416 e. The smallest absolute Gasteiger partial charge is 0.324 e. The summed E-state index contributed by atoms with van der Waals surface area (Å²) in [6, 6.07) is 3.21. The zero-order chi connectivity index (χ0) is 14.0. The number of alkyl halides is 3. The number of carbonyl (C=O) groups is 1. The van der Waals surface area contributed by atoms with Gasteiger partial charge in [-0.3, -0.25) is 4.79 Å². The van der Waals surface area contributed by atoms with Crippen LogP contribution in [0.5, 0.6) is 0 Å². The molecule has 1 aromatic carbocycles. The molecule has 0 bridgehead atoms. The molecular weight excluding hydrogens is 343 g/mol. The van der Waals surface area contributed by atoms with Crippen LogP contribution in [0.15, 0.2) is 22.7 Å². The first-order chi connectivity index (χ1) is 8.88. The Bertz CT molecular complexity index is 486. The lowest BCUT2D eigenvalue weighted by Gasteiger charge is -2.14. The second-order valence-electron chi connectivity index (χ2n) is 4.18. The molecule has 0 spiro atoms. The van der Waals surface area contributed by atoms with Gasteiger partial charge in [0.1, 0.15) is 0 Å². The molecule has 2 nitrogen and oxygen atoms in total. The molecule has 1 N–H and O–H groups in total.